The van der Waals surface area contributed by atoms with Crippen LogP contribution in [-0.4, -0.2) is 27.1 Å². The Bertz CT molecular complexity index is 816. The van der Waals surface area contributed by atoms with Gasteiger partial charge in [-0.15, -0.1) is 0 Å². The van der Waals surface area contributed by atoms with Gasteiger partial charge in [0.25, 0.3) is 0 Å². The number of rotatable bonds is 4. The zero-order chi connectivity index (χ0) is 15.7. The van der Waals surface area contributed by atoms with Gasteiger partial charge in [0.15, 0.2) is 10.8 Å². The van der Waals surface area contributed by atoms with Gasteiger partial charge in [-0.1, -0.05) is 11.3 Å². The third-order valence-electron chi connectivity index (χ3n) is 3.41. The molecule has 0 aromatic carbocycles. The van der Waals surface area contributed by atoms with Crippen molar-refractivity contribution in [3.05, 3.63) is 41.3 Å². The van der Waals surface area contributed by atoms with Crippen LogP contribution in [0.1, 0.15) is 23.9 Å². The van der Waals surface area contributed by atoms with Crippen LogP contribution in [0, 0.1) is 13.8 Å². The number of pyridine rings is 1. The number of fused-ring (bicyclic) bond motifs is 1. The Morgan fingerprint density at radius 3 is 2.73 bits per heavy atom. The molecule has 0 amide bonds. The summed E-state index contributed by atoms with van der Waals surface area (Å²) in [7, 11) is 0. The predicted molar refractivity (Wildman–Crippen MR) is 86.6 cm³/mol. The summed E-state index contributed by atoms with van der Waals surface area (Å²) in [4.78, 5) is 20.5. The predicted octanol–water partition coefficient (Wildman–Crippen LogP) is 3.20. The number of aryl methyl sites for hydroxylation is 2. The van der Waals surface area contributed by atoms with Crippen molar-refractivity contribution in [1.29, 1.82) is 0 Å². The van der Waals surface area contributed by atoms with Gasteiger partial charge in [0.2, 0.25) is 0 Å². The Hall–Kier alpha value is -2.21. The van der Waals surface area contributed by atoms with Crippen LogP contribution >= 0.6 is 11.3 Å². The third-order valence-corrected chi connectivity index (χ3v) is 4.39. The Morgan fingerprint density at radius 2 is 2.05 bits per heavy atom. The molecule has 0 fully saturated rings. The van der Waals surface area contributed by atoms with Crippen LogP contribution in [0.25, 0.3) is 15.5 Å². The molecule has 0 saturated carbocycles. The molecule has 0 atom stereocenters. The molecule has 3 rings (SSSR count). The Balaban J connectivity index is 1.95. The van der Waals surface area contributed by atoms with Gasteiger partial charge in [0, 0.05) is 17.6 Å². The molecule has 0 aliphatic carbocycles. The Kier molecular flexibility index (Phi) is 3.94. The van der Waals surface area contributed by atoms with E-state index < -0.39 is 0 Å². The third kappa shape index (κ3) is 2.74. The first-order chi connectivity index (χ1) is 10.6. The lowest BCUT2D eigenvalue weighted by Crippen LogP contribution is -2.07. The fourth-order valence-electron chi connectivity index (χ4n) is 2.39. The van der Waals surface area contributed by atoms with Crippen molar-refractivity contribution in [3.8, 4) is 5.13 Å². The van der Waals surface area contributed by atoms with Crippen LogP contribution in [0.15, 0.2) is 24.4 Å². The number of hydrogen-bond donors (Lipinski definition) is 0. The lowest BCUT2D eigenvalue weighted by molar-refractivity contribution is -0.142. The van der Waals surface area contributed by atoms with E-state index in [1.165, 1.54) is 0 Å². The van der Waals surface area contributed by atoms with Crippen molar-refractivity contribution in [2.45, 2.75) is 27.2 Å². The minimum atomic E-state index is -0.231. The van der Waals surface area contributed by atoms with Crippen LogP contribution in [-0.2, 0) is 16.0 Å². The number of carbonyl (C=O) groups excluding carboxylic acids is 1. The molecule has 0 saturated heterocycles. The standard InChI is InChI=1S/C16H17N3O2S/c1-4-21-14(20)8-12-7-13-15(17-9-12)18-16(22-13)19-10(2)5-6-11(19)3/h5-7,9H,4,8H2,1-3H3. The van der Waals surface area contributed by atoms with E-state index in [1.54, 1.807) is 24.5 Å². The van der Waals surface area contributed by atoms with Crippen LogP contribution in [0.3, 0.4) is 0 Å². The number of nitrogens with zero attached hydrogens (tertiary/aromatic N) is 3. The molecule has 6 heteroatoms. The molecule has 0 N–H and O–H groups in total. The first kappa shape index (κ1) is 14.7. The summed E-state index contributed by atoms with van der Waals surface area (Å²) in [5.74, 6) is -0.231. The fourth-order valence-corrected chi connectivity index (χ4v) is 3.50. The van der Waals surface area contributed by atoms with E-state index in [9.17, 15) is 4.79 Å². The monoisotopic (exact) mass is 315 g/mol. The van der Waals surface area contributed by atoms with Crippen molar-refractivity contribution in [3.63, 3.8) is 0 Å². The van der Waals surface area contributed by atoms with Crippen molar-refractivity contribution in [1.82, 2.24) is 14.5 Å². The first-order valence-corrected chi connectivity index (χ1v) is 7.96. The average Bonchev–Trinajstić information content (AvgIpc) is 3.01. The molecule has 3 heterocycles. The molecule has 0 unspecified atom stereocenters. The number of carbonyl (C=O) groups is 1. The zero-order valence-electron chi connectivity index (χ0n) is 12.8. The molecular weight excluding hydrogens is 298 g/mol. The molecule has 0 aliphatic rings. The van der Waals surface area contributed by atoms with E-state index in [2.05, 4.69) is 40.5 Å². The quantitative estimate of drug-likeness (QED) is 0.694. The molecule has 22 heavy (non-hydrogen) atoms. The maximum absolute atomic E-state index is 11.6. The van der Waals surface area contributed by atoms with Gasteiger partial charge in [-0.05, 0) is 44.5 Å². The molecule has 0 spiro atoms. The Morgan fingerprint density at radius 1 is 1.32 bits per heavy atom. The maximum atomic E-state index is 11.6. The van der Waals surface area contributed by atoms with E-state index in [4.69, 9.17) is 4.74 Å². The van der Waals surface area contributed by atoms with E-state index in [0.29, 0.717) is 12.3 Å². The van der Waals surface area contributed by atoms with E-state index in [1.807, 2.05) is 6.07 Å². The molecule has 3 aromatic heterocycles. The van der Waals surface area contributed by atoms with Crippen molar-refractivity contribution < 1.29 is 9.53 Å². The molecular formula is C16H17N3O2S. The van der Waals surface area contributed by atoms with Gasteiger partial charge in [-0.2, -0.15) is 4.98 Å². The fraction of sp³-hybridized carbons (Fsp3) is 0.312. The molecule has 5 nitrogen and oxygen atoms in total. The van der Waals surface area contributed by atoms with Crippen LogP contribution < -0.4 is 0 Å². The van der Waals surface area contributed by atoms with Crippen LogP contribution in [0.4, 0.5) is 0 Å². The minimum absolute atomic E-state index is 0.231. The smallest absolute Gasteiger partial charge is 0.310 e. The highest BCUT2D eigenvalue weighted by atomic mass is 32.1. The Labute approximate surface area is 132 Å². The summed E-state index contributed by atoms with van der Waals surface area (Å²) in [6.45, 7) is 6.30. The van der Waals surface area contributed by atoms with Gasteiger partial charge < -0.3 is 4.74 Å². The summed E-state index contributed by atoms with van der Waals surface area (Å²) in [5, 5.41) is 0.899. The topological polar surface area (TPSA) is 57.0 Å². The second kappa shape index (κ2) is 5.88. The van der Waals surface area contributed by atoms with Gasteiger partial charge in [-0.3, -0.25) is 9.36 Å². The van der Waals surface area contributed by atoms with E-state index in [-0.39, 0.29) is 12.4 Å². The van der Waals surface area contributed by atoms with Crippen molar-refractivity contribution in [2.24, 2.45) is 0 Å². The summed E-state index contributed by atoms with van der Waals surface area (Å²) >= 11 is 1.58. The number of thiazole rings is 1. The SMILES string of the molecule is CCOC(=O)Cc1cnc2nc(-n3c(C)ccc3C)sc2c1. The number of ether oxygens (including phenoxy) is 1. The van der Waals surface area contributed by atoms with E-state index >= 15 is 0 Å². The van der Waals surface area contributed by atoms with E-state index in [0.717, 1.165) is 26.8 Å². The second-order valence-electron chi connectivity index (χ2n) is 5.10. The largest absolute Gasteiger partial charge is 0.466 e. The number of aromatic nitrogens is 3. The lowest BCUT2D eigenvalue weighted by Gasteiger charge is -2.03. The molecule has 0 radical (unpaired) electrons. The maximum Gasteiger partial charge on any atom is 0.310 e. The van der Waals surface area contributed by atoms with Crippen molar-refractivity contribution in [2.75, 3.05) is 6.61 Å². The number of esters is 1. The molecule has 0 bridgehead atoms. The van der Waals surface area contributed by atoms with Gasteiger partial charge >= 0.3 is 5.97 Å². The second-order valence-corrected chi connectivity index (χ2v) is 6.10. The zero-order valence-corrected chi connectivity index (χ0v) is 13.6. The molecule has 0 aliphatic heterocycles. The first-order valence-electron chi connectivity index (χ1n) is 7.15. The lowest BCUT2D eigenvalue weighted by atomic mass is 10.2. The van der Waals surface area contributed by atoms with Gasteiger partial charge in [0.05, 0.1) is 17.7 Å². The summed E-state index contributed by atoms with van der Waals surface area (Å²) in [6.07, 6.45) is 1.93. The molecule has 3 aromatic rings. The normalized spacial score (nSPS) is 11.0. The van der Waals surface area contributed by atoms with Crippen molar-refractivity contribution >= 4 is 27.7 Å². The van der Waals surface area contributed by atoms with Gasteiger partial charge in [-0.25, -0.2) is 4.98 Å². The summed E-state index contributed by atoms with van der Waals surface area (Å²) in [5.41, 5.74) is 3.84. The average molecular weight is 315 g/mol. The van der Waals surface area contributed by atoms with Crippen LogP contribution in [0.2, 0.25) is 0 Å². The summed E-state index contributed by atoms with van der Waals surface area (Å²) in [6, 6.07) is 6.11. The minimum Gasteiger partial charge on any atom is -0.466 e. The molecule has 114 valence electrons. The number of hydrogen-bond acceptors (Lipinski definition) is 5. The highest BCUT2D eigenvalue weighted by Crippen LogP contribution is 2.27. The van der Waals surface area contributed by atoms with Crippen LogP contribution in [0.5, 0.6) is 0 Å². The van der Waals surface area contributed by atoms with Gasteiger partial charge in [0.1, 0.15) is 0 Å². The summed E-state index contributed by atoms with van der Waals surface area (Å²) < 4.78 is 8.06. The highest BCUT2D eigenvalue weighted by Gasteiger charge is 2.12. The highest BCUT2D eigenvalue weighted by molar-refractivity contribution is 7.20.